The maximum absolute atomic E-state index is 12.3. The van der Waals surface area contributed by atoms with Gasteiger partial charge in [-0.2, -0.15) is 4.68 Å². The number of tetrazole rings is 1. The molecule has 2 aromatic rings. The van der Waals surface area contributed by atoms with E-state index in [2.05, 4.69) is 20.8 Å². The van der Waals surface area contributed by atoms with Crippen LogP contribution in [0.3, 0.4) is 0 Å². The smallest absolute Gasteiger partial charge is 0.329 e. The van der Waals surface area contributed by atoms with Crippen LogP contribution in [0.5, 0.6) is 5.75 Å². The average Bonchev–Trinajstić information content (AvgIpc) is 3.10. The van der Waals surface area contributed by atoms with Gasteiger partial charge in [0.25, 0.3) is 5.91 Å². The molecule has 0 radical (unpaired) electrons. The molecule has 0 bridgehead atoms. The van der Waals surface area contributed by atoms with Crippen LogP contribution in [0.1, 0.15) is 23.2 Å². The van der Waals surface area contributed by atoms with E-state index < -0.39 is 17.4 Å². The number of ether oxygens (including phenoxy) is 1. The Kier molecular flexibility index (Phi) is 3.24. The fourth-order valence-corrected chi connectivity index (χ4v) is 2.09. The summed E-state index contributed by atoms with van der Waals surface area (Å²) in [5.41, 5.74) is -0.342. The number of rotatable bonds is 5. The molecule has 3 rings (SSSR count). The number of carboxylic acids is 1. The second kappa shape index (κ2) is 5.10. The lowest BCUT2D eigenvalue weighted by atomic mass is 10.1. The Morgan fingerprint density at radius 3 is 2.73 bits per heavy atom. The first-order valence-electron chi connectivity index (χ1n) is 6.53. The predicted molar refractivity (Wildman–Crippen MR) is 72.8 cm³/mol. The molecule has 1 aromatic heterocycles. The van der Waals surface area contributed by atoms with Gasteiger partial charge in [0, 0.05) is 5.56 Å². The van der Waals surface area contributed by atoms with Crippen molar-refractivity contribution in [2.45, 2.75) is 18.4 Å². The zero-order valence-electron chi connectivity index (χ0n) is 11.7. The van der Waals surface area contributed by atoms with Gasteiger partial charge in [-0.3, -0.25) is 4.79 Å². The molecule has 114 valence electrons. The molecular formula is C13H13N5O4. The summed E-state index contributed by atoms with van der Waals surface area (Å²) >= 11 is 0. The molecule has 9 heteroatoms. The Hall–Kier alpha value is -2.97. The van der Waals surface area contributed by atoms with Crippen LogP contribution in [0.2, 0.25) is 0 Å². The quantitative estimate of drug-likeness (QED) is 0.799. The number of carboxylic acid groups (broad SMARTS) is 1. The molecule has 0 spiro atoms. The molecular weight excluding hydrogens is 290 g/mol. The minimum atomic E-state index is -1.13. The molecule has 9 nitrogen and oxygen atoms in total. The Labute approximate surface area is 124 Å². The number of benzene rings is 1. The van der Waals surface area contributed by atoms with Crippen LogP contribution in [-0.2, 0) is 4.79 Å². The number of nitrogens with one attached hydrogen (secondary N) is 1. The Morgan fingerprint density at radius 2 is 2.18 bits per heavy atom. The van der Waals surface area contributed by atoms with Crippen molar-refractivity contribution >= 4 is 11.9 Å². The highest BCUT2D eigenvalue weighted by atomic mass is 16.5. The number of nitrogens with zero attached hydrogens (tertiary/aromatic N) is 4. The highest BCUT2D eigenvalue weighted by molar-refractivity contribution is 5.99. The molecule has 1 amide bonds. The molecule has 0 atom stereocenters. The van der Waals surface area contributed by atoms with Gasteiger partial charge in [-0.1, -0.05) is 0 Å². The molecule has 1 saturated carbocycles. The summed E-state index contributed by atoms with van der Waals surface area (Å²) in [6.07, 6.45) is 2.24. The highest BCUT2D eigenvalue weighted by Gasteiger charge is 2.51. The zero-order valence-corrected chi connectivity index (χ0v) is 11.7. The molecule has 0 aliphatic heterocycles. The van der Waals surface area contributed by atoms with Crippen LogP contribution in [0, 0.1) is 0 Å². The van der Waals surface area contributed by atoms with Gasteiger partial charge < -0.3 is 15.2 Å². The molecule has 2 N–H and O–H groups in total. The SMILES string of the molecule is COc1ccc(C(=O)NC2(C(=O)O)CC2)cc1-n1cnnn1. The Balaban J connectivity index is 1.90. The van der Waals surface area contributed by atoms with E-state index in [-0.39, 0.29) is 0 Å². The molecule has 0 saturated heterocycles. The molecule has 1 aliphatic rings. The summed E-state index contributed by atoms with van der Waals surface area (Å²) in [6.45, 7) is 0. The van der Waals surface area contributed by atoms with Crippen LogP contribution in [-0.4, -0.2) is 49.8 Å². The van der Waals surface area contributed by atoms with Gasteiger partial charge in [0.2, 0.25) is 0 Å². The number of methoxy groups -OCH3 is 1. The maximum atomic E-state index is 12.3. The lowest BCUT2D eigenvalue weighted by molar-refractivity contribution is -0.140. The monoisotopic (exact) mass is 303 g/mol. The van der Waals surface area contributed by atoms with Crippen molar-refractivity contribution in [3.63, 3.8) is 0 Å². The van der Waals surface area contributed by atoms with E-state index in [4.69, 9.17) is 9.84 Å². The second-order valence-electron chi connectivity index (χ2n) is 4.98. The third kappa shape index (κ3) is 2.36. The molecule has 1 aliphatic carbocycles. The summed E-state index contributed by atoms with van der Waals surface area (Å²) in [5.74, 6) is -0.991. The summed E-state index contributed by atoms with van der Waals surface area (Å²) in [7, 11) is 1.49. The van der Waals surface area contributed by atoms with E-state index in [9.17, 15) is 9.59 Å². The Morgan fingerprint density at radius 1 is 1.41 bits per heavy atom. The fourth-order valence-electron chi connectivity index (χ4n) is 2.09. The van der Waals surface area contributed by atoms with Gasteiger partial charge in [0.15, 0.2) is 0 Å². The van der Waals surface area contributed by atoms with Crippen molar-refractivity contribution in [1.82, 2.24) is 25.5 Å². The van der Waals surface area contributed by atoms with E-state index in [0.717, 1.165) is 0 Å². The molecule has 1 fully saturated rings. The number of hydrogen-bond acceptors (Lipinski definition) is 6. The van der Waals surface area contributed by atoms with Crippen LogP contribution in [0.25, 0.3) is 5.69 Å². The molecule has 0 unspecified atom stereocenters. The van der Waals surface area contributed by atoms with Crippen molar-refractivity contribution < 1.29 is 19.4 Å². The minimum Gasteiger partial charge on any atom is -0.494 e. The molecule has 1 aromatic carbocycles. The van der Waals surface area contributed by atoms with Crippen molar-refractivity contribution in [2.24, 2.45) is 0 Å². The number of carbonyl (C=O) groups excluding carboxylic acids is 1. The van der Waals surface area contributed by atoms with Crippen LogP contribution < -0.4 is 10.1 Å². The number of hydrogen-bond donors (Lipinski definition) is 2. The van der Waals surface area contributed by atoms with Crippen molar-refractivity contribution in [2.75, 3.05) is 7.11 Å². The van der Waals surface area contributed by atoms with E-state index in [1.165, 1.54) is 18.1 Å². The van der Waals surface area contributed by atoms with Gasteiger partial charge in [-0.05, 0) is 41.5 Å². The predicted octanol–water partition coefficient (Wildman–Crippen LogP) is 0.0179. The standard InChI is InChI=1S/C13H13N5O4/c1-22-10-3-2-8(6-9(10)18-7-14-16-17-18)11(19)15-13(4-5-13)12(20)21/h2-3,6-7H,4-5H2,1H3,(H,15,19)(H,20,21). The summed E-state index contributed by atoms with van der Waals surface area (Å²) in [5, 5.41) is 22.5. The number of amides is 1. The van der Waals surface area contributed by atoms with Gasteiger partial charge in [0.05, 0.1) is 7.11 Å². The largest absolute Gasteiger partial charge is 0.494 e. The zero-order chi connectivity index (χ0) is 15.7. The van der Waals surface area contributed by atoms with E-state index >= 15 is 0 Å². The minimum absolute atomic E-state index is 0.304. The number of aromatic nitrogens is 4. The van der Waals surface area contributed by atoms with Gasteiger partial charge >= 0.3 is 5.97 Å². The normalized spacial score (nSPS) is 15.1. The average molecular weight is 303 g/mol. The lowest BCUT2D eigenvalue weighted by Crippen LogP contribution is -2.43. The van der Waals surface area contributed by atoms with Gasteiger partial charge in [-0.15, -0.1) is 5.10 Å². The first-order chi connectivity index (χ1) is 10.6. The Bertz CT molecular complexity index is 724. The molecule has 22 heavy (non-hydrogen) atoms. The van der Waals surface area contributed by atoms with Crippen LogP contribution >= 0.6 is 0 Å². The van der Waals surface area contributed by atoms with Crippen LogP contribution in [0.4, 0.5) is 0 Å². The second-order valence-corrected chi connectivity index (χ2v) is 4.98. The lowest BCUT2D eigenvalue weighted by Gasteiger charge is -2.14. The van der Waals surface area contributed by atoms with E-state index in [1.807, 2.05) is 0 Å². The van der Waals surface area contributed by atoms with E-state index in [0.29, 0.717) is 29.8 Å². The first-order valence-corrected chi connectivity index (χ1v) is 6.53. The van der Waals surface area contributed by atoms with Crippen molar-refractivity contribution in [1.29, 1.82) is 0 Å². The van der Waals surface area contributed by atoms with E-state index in [1.54, 1.807) is 18.2 Å². The number of aliphatic carboxylic acids is 1. The van der Waals surface area contributed by atoms with Crippen molar-refractivity contribution in [3.05, 3.63) is 30.1 Å². The van der Waals surface area contributed by atoms with Crippen molar-refractivity contribution in [3.8, 4) is 11.4 Å². The maximum Gasteiger partial charge on any atom is 0.329 e. The summed E-state index contributed by atoms with van der Waals surface area (Å²) < 4.78 is 6.57. The van der Waals surface area contributed by atoms with Crippen LogP contribution in [0.15, 0.2) is 24.5 Å². The summed E-state index contributed by atoms with van der Waals surface area (Å²) in [4.78, 5) is 23.4. The van der Waals surface area contributed by atoms with Gasteiger partial charge in [0.1, 0.15) is 23.3 Å². The first kappa shape index (κ1) is 14.0. The highest BCUT2D eigenvalue weighted by Crippen LogP contribution is 2.36. The third-order valence-corrected chi connectivity index (χ3v) is 3.55. The molecule has 1 heterocycles. The summed E-state index contributed by atoms with van der Waals surface area (Å²) in [6, 6.07) is 4.70. The fraction of sp³-hybridized carbons (Fsp3) is 0.308. The van der Waals surface area contributed by atoms with Gasteiger partial charge in [-0.25, -0.2) is 4.79 Å². The topological polar surface area (TPSA) is 119 Å². The third-order valence-electron chi connectivity index (χ3n) is 3.55. The number of carbonyl (C=O) groups is 2.